The minimum Gasteiger partial charge on any atom is -0.493 e. The molecule has 0 radical (unpaired) electrons. The minimum atomic E-state index is 0. The van der Waals surface area contributed by atoms with Crippen molar-refractivity contribution in [3.8, 4) is 11.5 Å². The number of nitrogens with zero attached hydrogens (tertiary/aromatic N) is 1. The fourth-order valence-electron chi connectivity index (χ4n) is 2.16. The second-order valence-corrected chi connectivity index (χ2v) is 5.44. The second kappa shape index (κ2) is 10.6. The molecule has 0 unspecified atom stereocenters. The Morgan fingerprint density at radius 2 is 2.00 bits per heavy atom. The van der Waals surface area contributed by atoms with Gasteiger partial charge in [-0.25, -0.2) is 4.99 Å². The normalized spacial score (nSPS) is 14.0. The Hall–Kier alpha value is -1.18. The van der Waals surface area contributed by atoms with E-state index in [2.05, 4.69) is 22.5 Å². The summed E-state index contributed by atoms with van der Waals surface area (Å²) in [5.74, 6) is 3.24. The van der Waals surface area contributed by atoms with Crippen molar-refractivity contribution >= 4 is 29.9 Å². The number of rotatable bonds is 8. The van der Waals surface area contributed by atoms with Gasteiger partial charge in [-0.2, -0.15) is 0 Å². The fourth-order valence-corrected chi connectivity index (χ4v) is 2.16. The van der Waals surface area contributed by atoms with Gasteiger partial charge in [-0.05, 0) is 50.3 Å². The number of guanidine groups is 1. The number of benzene rings is 1. The van der Waals surface area contributed by atoms with Crippen molar-refractivity contribution in [2.24, 2.45) is 10.9 Å². The third-order valence-corrected chi connectivity index (χ3v) is 3.55. The van der Waals surface area contributed by atoms with Crippen molar-refractivity contribution in [2.45, 2.75) is 33.2 Å². The minimum absolute atomic E-state index is 0. The van der Waals surface area contributed by atoms with E-state index in [1.807, 2.05) is 25.1 Å². The van der Waals surface area contributed by atoms with Crippen molar-refractivity contribution in [3.05, 3.63) is 23.8 Å². The van der Waals surface area contributed by atoms with E-state index in [4.69, 9.17) is 9.47 Å². The molecule has 1 saturated carbocycles. The summed E-state index contributed by atoms with van der Waals surface area (Å²) < 4.78 is 10.9. The first kappa shape index (κ1) is 19.9. The second-order valence-electron chi connectivity index (χ2n) is 5.44. The van der Waals surface area contributed by atoms with E-state index in [1.165, 1.54) is 12.8 Å². The molecule has 1 aromatic carbocycles. The number of aliphatic imine (C=N–C) groups is 1. The molecule has 2 rings (SSSR count). The van der Waals surface area contributed by atoms with Gasteiger partial charge in [0.15, 0.2) is 17.5 Å². The van der Waals surface area contributed by atoms with Crippen LogP contribution in [0.5, 0.6) is 11.5 Å². The maximum atomic E-state index is 5.61. The maximum absolute atomic E-state index is 5.61. The first-order chi connectivity index (χ1) is 10.8. The van der Waals surface area contributed by atoms with E-state index < -0.39 is 0 Å². The van der Waals surface area contributed by atoms with Gasteiger partial charge in [0, 0.05) is 13.1 Å². The summed E-state index contributed by atoms with van der Waals surface area (Å²) in [6.45, 7) is 7.16. The lowest BCUT2D eigenvalue weighted by molar-refractivity contribution is 0.310. The van der Waals surface area contributed by atoms with Crippen LogP contribution in [-0.2, 0) is 6.54 Å². The Morgan fingerprint density at radius 1 is 1.22 bits per heavy atom. The van der Waals surface area contributed by atoms with E-state index in [-0.39, 0.29) is 24.0 Å². The summed E-state index contributed by atoms with van der Waals surface area (Å²) in [5, 5.41) is 6.68. The molecule has 0 heterocycles. The van der Waals surface area contributed by atoms with Gasteiger partial charge >= 0.3 is 0 Å². The highest BCUT2D eigenvalue weighted by molar-refractivity contribution is 14.0. The summed E-state index contributed by atoms with van der Waals surface area (Å²) in [7, 11) is 1.65. The molecule has 0 spiro atoms. The first-order valence-electron chi connectivity index (χ1n) is 8.08. The van der Waals surface area contributed by atoms with Crippen LogP contribution in [0.1, 0.15) is 32.3 Å². The Kier molecular flexibility index (Phi) is 9.13. The van der Waals surface area contributed by atoms with Crippen LogP contribution >= 0.6 is 24.0 Å². The third-order valence-electron chi connectivity index (χ3n) is 3.55. The monoisotopic (exact) mass is 433 g/mol. The van der Waals surface area contributed by atoms with Crippen LogP contribution in [0.3, 0.4) is 0 Å². The van der Waals surface area contributed by atoms with Gasteiger partial charge in [-0.15, -0.1) is 24.0 Å². The number of hydrogen-bond donors (Lipinski definition) is 2. The molecule has 0 aromatic heterocycles. The van der Waals surface area contributed by atoms with Gasteiger partial charge in [0.05, 0.1) is 20.3 Å². The molecule has 130 valence electrons. The van der Waals surface area contributed by atoms with E-state index in [1.54, 1.807) is 7.11 Å². The van der Waals surface area contributed by atoms with Gasteiger partial charge < -0.3 is 20.1 Å². The quantitative estimate of drug-likeness (QED) is 0.376. The lowest BCUT2D eigenvalue weighted by atomic mass is 10.2. The van der Waals surface area contributed by atoms with Crippen molar-refractivity contribution in [1.29, 1.82) is 0 Å². The molecule has 0 bridgehead atoms. The molecule has 1 aromatic rings. The molecule has 5 nitrogen and oxygen atoms in total. The van der Waals surface area contributed by atoms with Gasteiger partial charge in [-0.1, -0.05) is 6.07 Å². The zero-order chi connectivity index (χ0) is 15.8. The van der Waals surface area contributed by atoms with Gasteiger partial charge in [0.2, 0.25) is 0 Å². The number of ether oxygens (including phenoxy) is 2. The smallest absolute Gasteiger partial charge is 0.191 e. The predicted octanol–water partition coefficient (Wildman–Crippen LogP) is 3.18. The van der Waals surface area contributed by atoms with Crippen LogP contribution in [-0.4, -0.2) is 32.8 Å². The molecule has 2 N–H and O–H groups in total. The van der Waals surface area contributed by atoms with Crippen LogP contribution in [0.25, 0.3) is 0 Å². The highest BCUT2D eigenvalue weighted by Crippen LogP contribution is 2.28. The molecular weight excluding hydrogens is 405 g/mol. The molecule has 6 heteroatoms. The van der Waals surface area contributed by atoms with Gasteiger partial charge in [0.25, 0.3) is 0 Å². The molecule has 1 fully saturated rings. The SMILES string of the molecule is CCNC(=NCc1ccc(OC)c(OCC)c1)NCC1CC1.I. The fraction of sp³-hybridized carbons (Fsp3) is 0.588. The molecular formula is C17H28IN3O2. The number of halogens is 1. The van der Waals surface area contributed by atoms with Crippen molar-refractivity contribution in [1.82, 2.24) is 10.6 Å². The van der Waals surface area contributed by atoms with Crippen LogP contribution in [0.15, 0.2) is 23.2 Å². The molecule has 0 amide bonds. The van der Waals surface area contributed by atoms with Crippen molar-refractivity contribution in [2.75, 3.05) is 26.8 Å². The Labute approximate surface area is 156 Å². The van der Waals surface area contributed by atoms with Gasteiger partial charge in [-0.3, -0.25) is 0 Å². The highest BCUT2D eigenvalue weighted by Gasteiger charge is 2.21. The largest absolute Gasteiger partial charge is 0.493 e. The molecule has 23 heavy (non-hydrogen) atoms. The number of methoxy groups -OCH3 is 1. The molecule has 0 aliphatic heterocycles. The van der Waals surface area contributed by atoms with Crippen LogP contribution in [0.4, 0.5) is 0 Å². The molecule has 1 aliphatic carbocycles. The van der Waals surface area contributed by atoms with E-state index in [0.29, 0.717) is 13.2 Å². The Morgan fingerprint density at radius 3 is 2.61 bits per heavy atom. The zero-order valence-electron chi connectivity index (χ0n) is 14.2. The number of nitrogens with one attached hydrogen (secondary N) is 2. The van der Waals surface area contributed by atoms with Crippen LogP contribution in [0.2, 0.25) is 0 Å². The van der Waals surface area contributed by atoms with E-state index in [9.17, 15) is 0 Å². The summed E-state index contributed by atoms with van der Waals surface area (Å²) in [6, 6.07) is 5.95. The third kappa shape index (κ3) is 6.85. The Balaban J connectivity index is 0.00000264. The summed E-state index contributed by atoms with van der Waals surface area (Å²) >= 11 is 0. The lowest BCUT2D eigenvalue weighted by Gasteiger charge is -2.12. The van der Waals surface area contributed by atoms with E-state index >= 15 is 0 Å². The lowest BCUT2D eigenvalue weighted by Crippen LogP contribution is -2.38. The molecule has 1 aliphatic rings. The first-order valence-corrected chi connectivity index (χ1v) is 8.08. The summed E-state index contributed by atoms with van der Waals surface area (Å²) in [4.78, 5) is 4.64. The predicted molar refractivity (Wildman–Crippen MR) is 105 cm³/mol. The maximum Gasteiger partial charge on any atom is 0.191 e. The molecule has 0 atom stereocenters. The van der Waals surface area contributed by atoms with Crippen molar-refractivity contribution < 1.29 is 9.47 Å². The molecule has 0 saturated heterocycles. The average Bonchev–Trinajstić information content (AvgIpc) is 3.35. The average molecular weight is 433 g/mol. The van der Waals surface area contributed by atoms with Crippen molar-refractivity contribution in [3.63, 3.8) is 0 Å². The zero-order valence-corrected chi connectivity index (χ0v) is 16.6. The topological polar surface area (TPSA) is 54.9 Å². The summed E-state index contributed by atoms with van der Waals surface area (Å²) in [6.07, 6.45) is 2.67. The Bertz CT molecular complexity index is 505. The highest BCUT2D eigenvalue weighted by atomic mass is 127. The van der Waals surface area contributed by atoms with Crippen LogP contribution in [0, 0.1) is 5.92 Å². The van der Waals surface area contributed by atoms with Crippen LogP contribution < -0.4 is 20.1 Å². The number of hydrogen-bond acceptors (Lipinski definition) is 3. The van der Waals surface area contributed by atoms with E-state index in [0.717, 1.165) is 42.0 Å². The standard InChI is InChI=1S/C17H27N3O2.HI/c1-4-18-17(19-11-13-6-7-13)20-12-14-8-9-15(21-3)16(10-14)22-5-2;/h8-10,13H,4-7,11-12H2,1-3H3,(H2,18,19,20);1H. The summed E-state index contributed by atoms with van der Waals surface area (Å²) in [5.41, 5.74) is 1.10. The van der Waals surface area contributed by atoms with Gasteiger partial charge in [0.1, 0.15) is 0 Å².